The maximum Gasteiger partial charge on any atom is 0.422 e. The van der Waals surface area contributed by atoms with Crippen molar-refractivity contribution in [3.8, 4) is 17.1 Å². The molecule has 0 unspecified atom stereocenters. The summed E-state index contributed by atoms with van der Waals surface area (Å²) in [5.74, 6) is 1.29. The zero-order valence-corrected chi connectivity index (χ0v) is 10.1. The van der Waals surface area contributed by atoms with E-state index in [0.717, 1.165) is 0 Å². The molecule has 0 amide bonds. The normalized spacial score (nSPS) is 11.6. The highest BCUT2D eigenvalue weighted by Crippen LogP contribution is 2.29. The second-order valence-corrected chi connectivity index (χ2v) is 4.10. The Labute approximate surface area is 107 Å². The van der Waals surface area contributed by atoms with Crippen molar-refractivity contribution in [2.75, 3.05) is 12.3 Å². The molecule has 0 radical (unpaired) electrons. The fourth-order valence-corrected chi connectivity index (χ4v) is 1.60. The van der Waals surface area contributed by atoms with Gasteiger partial charge >= 0.3 is 6.18 Å². The third kappa shape index (κ3) is 3.67. The summed E-state index contributed by atoms with van der Waals surface area (Å²) in [6, 6.07) is 7.89. The summed E-state index contributed by atoms with van der Waals surface area (Å²) < 4.78 is 46.3. The van der Waals surface area contributed by atoms with E-state index in [2.05, 4.69) is 4.74 Å². The van der Waals surface area contributed by atoms with E-state index < -0.39 is 12.8 Å². The molecule has 1 aromatic heterocycles. The average Bonchev–Trinajstić information content (AvgIpc) is 2.72. The number of alkyl halides is 3. The molecule has 1 aromatic carbocycles. The number of halogens is 3. The number of benzene rings is 1. The standard InChI is InChI=1S/C13H12F3NO2/c1-8-2-3-12(19-8)9-4-10(17)6-11(5-9)18-7-13(14,15)16/h2-6H,7,17H2,1H3. The van der Waals surface area contributed by atoms with Gasteiger partial charge in [0.1, 0.15) is 17.3 Å². The van der Waals surface area contributed by atoms with Gasteiger partial charge in [0.25, 0.3) is 0 Å². The molecule has 0 bridgehead atoms. The van der Waals surface area contributed by atoms with E-state index in [-0.39, 0.29) is 5.75 Å². The van der Waals surface area contributed by atoms with E-state index in [1.165, 1.54) is 12.1 Å². The lowest BCUT2D eigenvalue weighted by Gasteiger charge is -2.10. The van der Waals surface area contributed by atoms with Gasteiger partial charge in [0, 0.05) is 17.3 Å². The van der Waals surface area contributed by atoms with Crippen LogP contribution in [0, 0.1) is 6.92 Å². The summed E-state index contributed by atoms with van der Waals surface area (Å²) >= 11 is 0. The van der Waals surface area contributed by atoms with E-state index in [1.54, 1.807) is 25.1 Å². The largest absolute Gasteiger partial charge is 0.484 e. The van der Waals surface area contributed by atoms with Crippen molar-refractivity contribution in [1.29, 1.82) is 0 Å². The summed E-state index contributed by atoms with van der Waals surface area (Å²) in [6.45, 7) is 0.421. The molecule has 1 heterocycles. The number of hydrogen-bond acceptors (Lipinski definition) is 3. The number of ether oxygens (including phenoxy) is 1. The van der Waals surface area contributed by atoms with Crippen LogP contribution >= 0.6 is 0 Å². The van der Waals surface area contributed by atoms with Crippen LogP contribution in [0.5, 0.6) is 5.75 Å². The SMILES string of the molecule is Cc1ccc(-c2cc(N)cc(OCC(F)(F)F)c2)o1. The number of anilines is 1. The molecule has 0 saturated heterocycles. The van der Waals surface area contributed by atoms with Crippen LogP contribution < -0.4 is 10.5 Å². The Morgan fingerprint density at radius 2 is 1.95 bits per heavy atom. The first-order chi connectivity index (χ1) is 8.83. The van der Waals surface area contributed by atoms with Crippen LogP contribution in [0.25, 0.3) is 11.3 Å². The summed E-state index contributed by atoms with van der Waals surface area (Å²) in [5.41, 5.74) is 6.52. The molecule has 3 nitrogen and oxygen atoms in total. The third-order valence-electron chi connectivity index (χ3n) is 2.36. The summed E-state index contributed by atoms with van der Waals surface area (Å²) in [5, 5.41) is 0. The van der Waals surface area contributed by atoms with Crippen molar-refractivity contribution in [3.63, 3.8) is 0 Å². The Hall–Kier alpha value is -2.11. The molecule has 0 spiro atoms. The van der Waals surface area contributed by atoms with Gasteiger partial charge in [0.05, 0.1) is 0 Å². The minimum absolute atomic E-state index is 0.0568. The van der Waals surface area contributed by atoms with Gasteiger partial charge in [-0.15, -0.1) is 0 Å². The highest BCUT2D eigenvalue weighted by atomic mass is 19.4. The molecule has 0 saturated carbocycles. The maximum atomic E-state index is 12.1. The predicted octanol–water partition coefficient (Wildman–Crippen LogP) is 3.78. The van der Waals surface area contributed by atoms with Gasteiger partial charge in [-0.3, -0.25) is 0 Å². The highest BCUT2D eigenvalue weighted by molar-refractivity contribution is 5.66. The number of nitrogen functional groups attached to an aromatic ring is 1. The first-order valence-corrected chi connectivity index (χ1v) is 5.50. The summed E-state index contributed by atoms with van der Waals surface area (Å²) in [6.07, 6.45) is -4.38. The van der Waals surface area contributed by atoms with Gasteiger partial charge in [0.15, 0.2) is 6.61 Å². The first-order valence-electron chi connectivity index (χ1n) is 5.50. The average molecular weight is 271 g/mol. The van der Waals surface area contributed by atoms with Gasteiger partial charge in [-0.1, -0.05) is 0 Å². The van der Waals surface area contributed by atoms with Crippen LogP contribution in [0.2, 0.25) is 0 Å². The van der Waals surface area contributed by atoms with Crippen LogP contribution in [0.15, 0.2) is 34.7 Å². The lowest BCUT2D eigenvalue weighted by atomic mass is 10.1. The van der Waals surface area contributed by atoms with Gasteiger partial charge in [-0.25, -0.2) is 0 Å². The minimum Gasteiger partial charge on any atom is -0.484 e. The van der Waals surface area contributed by atoms with Crippen molar-refractivity contribution in [1.82, 2.24) is 0 Å². The Kier molecular flexibility index (Phi) is 3.42. The molecule has 0 aliphatic carbocycles. The number of aryl methyl sites for hydroxylation is 1. The van der Waals surface area contributed by atoms with Gasteiger partial charge in [0.2, 0.25) is 0 Å². The van der Waals surface area contributed by atoms with E-state index in [0.29, 0.717) is 22.8 Å². The second-order valence-electron chi connectivity index (χ2n) is 4.10. The molecule has 19 heavy (non-hydrogen) atoms. The number of hydrogen-bond donors (Lipinski definition) is 1. The van der Waals surface area contributed by atoms with E-state index in [1.807, 2.05) is 0 Å². The highest BCUT2D eigenvalue weighted by Gasteiger charge is 2.28. The molecular formula is C13H12F3NO2. The topological polar surface area (TPSA) is 48.4 Å². The van der Waals surface area contributed by atoms with Crippen LogP contribution in [0.3, 0.4) is 0 Å². The first kappa shape index (κ1) is 13.3. The molecular weight excluding hydrogens is 259 g/mol. The van der Waals surface area contributed by atoms with Crippen molar-refractivity contribution in [2.24, 2.45) is 0 Å². The molecule has 2 N–H and O–H groups in total. The molecule has 6 heteroatoms. The lowest BCUT2D eigenvalue weighted by Crippen LogP contribution is -2.19. The molecule has 0 aliphatic rings. The molecule has 0 fully saturated rings. The fraction of sp³-hybridized carbons (Fsp3) is 0.231. The zero-order chi connectivity index (χ0) is 14.0. The molecule has 102 valence electrons. The summed E-state index contributed by atoms with van der Waals surface area (Å²) in [7, 11) is 0. The van der Waals surface area contributed by atoms with Crippen LogP contribution in [0.1, 0.15) is 5.76 Å². The predicted molar refractivity (Wildman–Crippen MR) is 64.8 cm³/mol. The van der Waals surface area contributed by atoms with Crippen molar-refractivity contribution in [2.45, 2.75) is 13.1 Å². The third-order valence-corrected chi connectivity index (χ3v) is 2.36. The van der Waals surface area contributed by atoms with Gasteiger partial charge in [-0.05, 0) is 31.2 Å². The lowest BCUT2D eigenvalue weighted by molar-refractivity contribution is -0.153. The van der Waals surface area contributed by atoms with Crippen LogP contribution in [-0.2, 0) is 0 Å². The zero-order valence-electron chi connectivity index (χ0n) is 10.1. The van der Waals surface area contributed by atoms with E-state index in [9.17, 15) is 13.2 Å². The van der Waals surface area contributed by atoms with E-state index >= 15 is 0 Å². The Morgan fingerprint density at radius 3 is 2.53 bits per heavy atom. The van der Waals surface area contributed by atoms with Crippen molar-refractivity contribution >= 4 is 5.69 Å². The maximum absolute atomic E-state index is 12.1. The van der Waals surface area contributed by atoms with Crippen molar-refractivity contribution in [3.05, 3.63) is 36.1 Å². The smallest absolute Gasteiger partial charge is 0.422 e. The molecule has 0 aliphatic heterocycles. The van der Waals surface area contributed by atoms with Gasteiger partial charge in [-0.2, -0.15) is 13.2 Å². The summed E-state index contributed by atoms with van der Waals surface area (Å²) in [4.78, 5) is 0. The molecule has 2 aromatic rings. The van der Waals surface area contributed by atoms with Gasteiger partial charge < -0.3 is 14.9 Å². The quantitative estimate of drug-likeness (QED) is 0.864. The van der Waals surface area contributed by atoms with Crippen LogP contribution in [-0.4, -0.2) is 12.8 Å². The van der Waals surface area contributed by atoms with E-state index in [4.69, 9.17) is 10.2 Å². The van der Waals surface area contributed by atoms with Crippen molar-refractivity contribution < 1.29 is 22.3 Å². The molecule has 2 rings (SSSR count). The second kappa shape index (κ2) is 4.87. The monoisotopic (exact) mass is 271 g/mol. The number of nitrogens with two attached hydrogens (primary N) is 1. The number of rotatable bonds is 3. The minimum atomic E-state index is -4.38. The van der Waals surface area contributed by atoms with Crippen LogP contribution in [0.4, 0.5) is 18.9 Å². The Bertz CT molecular complexity index is 576. The Balaban J connectivity index is 2.25. The Morgan fingerprint density at radius 1 is 1.21 bits per heavy atom. The number of furan rings is 1. The fourth-order valence-electron chi connectivity index (χ4n) is 1.60. The molecule has 0 atom stereocenters.